The molecule has 1 saturated heterocycles. The van der Waals surface area contributed by atoms with Gasteiger partial charge in [0.2, 0.25) is 0 Å². The number of hydrogen-bond acceptors (Lipinski definition) is 3. The van der Waals surface area contributed by atoms with Crippen LogP contribution in [0, 0.1) is 0 Å². The van der Waals surface area contributed by atoms with Crippen LogP contribution in [-0.4, -0.2) is 23.6 Å². The molecule has 1 unspecified atom stereocenters. The number of hydrogen-bond donors (Lipinski definition) is 2. The maximum absolute atomic E-state index is 5.82. The van der Waals surface area contributed by atoms with Crippen molar-refractivity contribution in [2.75, 3.05) is 13.1 Å². The predicted molar refractivity (Wildman–Crippen MR) is 62.0 cm³/mol. The van der Waals surface area contributed by atoms with Gasteiger partial charge in [0.25, 0.3) is 0 Å². The van der Waals surface area contributed by atoms with Crippen LogP contribution in [0.1, 0.15) is 19.0 Å². The second-order valence-corrected chi connectivity index (χ2v) is 4.68. The molecule has 2 N–H and O–H groups in total. The third-order valence-corrected chi connectivity index (χ3v) is 3.05. The van der Waals surface area contributed by atoms with Crippen LogP contribution in [0.3, 0.4) is 0 Å². The standard InChI is InChI=1S/C11H16ClN3/c1-11(5-6-13-8-11)14-7-9-3-2-4-10(12)15-9/h2-4,13-14H,5-8H2,1H3. The Hall–Kier alpha value is -0.640. The molecule has 0 amide bonds. The van der Waals surface area contributed by atoms with Gasteiger partial charge in [-0.1, -0.05) is 17.7 Å². The van der Waals surface area contributed by atoms with Gasteiger partial charge in [-0.15, -0.1) is 0 Å². The summed E-state index contributed by atoms with van der Waals surface area (Å²) >= 11 is 5.82. The normalized spacial score (nSPS) is 25.7. The summed E-state index contributed by atoms with van der Waals surface area (Å²) in [5.41, 5.74) is 1.19. The van der Waals surface area contributed by atoms with Crippen molar-refractivity contribution < 1.29 is 0 Å². The fraction of sp³-hybridized carbons (Fsp3) is 0.545. The van der Waals surface area contributed by atoms with Crippen LogP contribution >= 0.6 is 11.6 Å². The second-order valence-electron chi connectivity index (χ2n) is 4.29. The van der Waals surface area contributed by atoms with E-state index < -0.39 is 0 Å². The molecule has 0 bridgehead atoms. The molecule has 1 aromatic heterocycles. The quantitative estimate of drug-likeness (QED) is 0.767. The molecule has 15 heavy (non-hydrogen) atoms. The van der Waals surface area contributed by atoms with Crippen molar-refractivity contribution in [2.24, 2.45) is 0 Å². The van der Waals surface area contributed by atoms with E-state index in [1.807, 2.05) is 12.1 Å². The molecule has 1 atom stereocenters. The summed E-state index contributed by atoms with van der Waals surface area (Å²) in [6, 6.07) is 5.72. The molecule has 0 radical (unpaired) electrons. The summed E-state index contributed by atoms with van der Waals surface area (Å²) < 4.78 is 0. The molecule has 0 saturated carbocycles. The first kappa shape index (κ1) is 10.9. The monoisotopic (exact) mass is 225 g/mol. The molecule has 0 aliphatic carbocycles. The van der Waals surface area contributed by atoms with Gasteiger partial charge in [0.05, 0.1) is 5.69 Å². The fourth-order valence-electron chi connectivity index (χ4n) is 1.82. The van der Waals surface area contributed by atoms with Gasteiger partial charge in [0, 0.05) is 18.6 Å². The summed E-state index contributed by atoms with van der Waals surface area (Å²) in [5.74, 6) is 0. The largest absolute Gasteiger partial charge is 0.315 e. The van der Waals surface area contributed by atoms with Gasteiger partial charge in [-0.3, -0.25) is 0 Å². The van der Waals surface area contributed by atoms with Gasteiger partial charge in [0.15, 0.2) is 0 Å². The summed E-state index contributed by atoms with van der Waals surface area (Å²) in [4.78, 5) is 4.25. The number of nitrogens with zero attached hydrogens (tertiary/aromatic N) is 1. The lowest BCUT2D eigenvalue weighted by Crippen LogP contribution is -2.43. The highest BCUT2D eigenvalue weighted by atomic mass is 35.5. The molecule has 1 aliphatic heterocycles. The topological polar surface area (TPSA) is 37.0 Å². The highest BCUT2D eigenvalue weighted by Gasteiger charge is 2.27. The third kappa shape index (κ3) is 2.91. The average molecular weight is 226 g/mol. The van der Waals surface area contributed by atoms with E-state index in [-0.39, 0.29) is 5.54 Å². The van der Waals surface area contributed by atoms with Crippen molar-refractivity contribution in [2.45, 2.75) is 25.4 Å². The molecule has 0 aromatic carbocycles. The lowest BCUT2D eigenvalue weighted by Gasteiger charge is -2.24. The predicted octanol–water partition coefficient (Wildman–Crippen LogP) is 1.58. The van der Waals surface area contributed by atoms with Crippen LogP contribution in [0.5, 0.6) is 0 Å². The zero-order valence-electron chi connectivity index (χ0n) is 8.89. The number of rotatable bonds is 3. The van der Waals surface area contributed by atoms with Gasteiger partial charge in [0.1, 0.15) is 5.15 Å². The van der Waals surface area contributed by atoms with E-state index >= 15 is 0 Å². The zero-order valence-corrected chi connectivity index (χ0v) is 9.64. The Balaban J connectivity index is 1.92. The highest BCUT2D eigenvalue weighted by Crippen LogP contribution is 2.14. The van der Waals surface area contributed by atoms with Crippen molar-refractivity contribution in [3.05, 3.63) is 29.0 Å². The molecule has 1 aliphatic rings. The van der Waals surface area contributed by atoms with Crippen molar-refractivity contribution in [1.82, 2.24) is 15.6 Å². The summed E-state index contributed by atoms with van der Waals surface area (Å²) in [6.07, 6.45) is 1.16. The lowest BCUT2D eigenvalue weighted by molar-refractivity contribution is 0.383. The molecular weight excluding hydrogens is 210 g/mol. The van der Waals surface area contributed by atoms with Crippen LogP contribution in [0.15, 0.2) is 18.2 Å². The zero-order chi connectivity index (χ0) is 10.7. The van der Waals surface area contributed by atoms with E-state index in [0.29, 0.717) is 5.15 Å². The van der Waals surface area contributed by atoms with Crippen LogP contribution < -0.4 is 10.6 Å². The second kappa shape index (κ2) is 4.47. The summed E-state index contributed by atoms with van der Waals surface area (Å²) in [5, 5.41) is 7.43. The first-order valence-corrected chi connectivity index (χ1v) is 5.63. The van der Waals surface area contributed by atoms with E-state index in [4.69, 9.17) is 11.6 Å². The molecular formula is C11H16ClN3. The van der Waals surface area contributed by atoms with Crippen molar-refractivity contribution in [1.29, 1.82) is 0 Å². The average Bonchev–Trinajstić information content (AvgIpc) is 2.63. The van der Waals surface area contributed by atoms with Crippen LogP contribution in [-0.2, 0) is 6.54 Å². The first-order chi connectivity index (χ1) is 7.18. The molecule has 4 heteroatoms. The Morgan fingerprint density at radius 2 is 2.47 bits per heavy atom. The Morgan fingerprint density at radius 3 is 3.13 bits per heavy atom. The summed E-state index contributed by atoms with van der Waals surface area (Å²) in [7, 11) is 0. The summed E-state index contributed by atoms with van der Waals surface area (Å²) in [6.45, 7) is 5.12. The minimum Gasteiger partial charge on any atom is -0.315 e. The Labute approximate surface area is 95.2 Å². The van der Waals surface area contributed by atoms with Gasteiger partial charge < -0.3 is 10.6 Å². The molecule has 0 spiro atoms. The maximum atomic E-state index is 5.82. The highest BCUT2D eigenvalue weighted by molar-refractivity contribution is 6.29. The third-order valence-electron chi connectivity index (χ3n) is 2.84. The van der Waals surface area contributed by atoms with Crippen LogP contribution in [0.4, 0.5) is 0 Å². The smallest absolute Gasteiger partial charge is 0.129 e. The minimum absolute atomic E-state index is 0.198. The van der Waals surface area contributed by atoms with Gasteiger partial charge in [-0.05, 0) is 32.0 Å². The van der Waals surface area contributed by atoms with Gasteiger partial charge >= 0.3 is 0 Å². The Kier molecular flexibility index (Phi) is 3.24. The molecule has 2 rings (SSSR count). The first-order valence-electron chi connectivity index (χ1n) is 5.25. The van der Waals surface area contributed by atoms with Crippen LogP contribution in [0.25, 0.3) is 0 Å². The number of halogens is 1. The number of nitrogens with one attached hydrogen (secondary N) is 2. The van der Waals surface area contributed by atoms with E-state index in [0.717, 1.165) is 31.7 Å². The SMILES string of the molecule is CC1(NCc2cccc(Cl)n2)CCNC1. The van der Waals surface area contributed by atoms with E-state index in [1.165, 1.54) is 0 Å². The lowest BCUT2D eigenvalue weighted by atomic mass is 10.0. The van der Waals surface area contributed by atoms with E-state index in [1.54, 1.807) is 6.07 Å². The maximum Gasteiger partial charge on any atom is 0.129 e. The van der Waals surface area contributed by atoms with Gasteiger partial charge in [-0.25, -0.2) is 4.98 Å². The van der Waals surface area contributed by atoms with E-state index in [2.05, 4.69) is 22.5 Å². The minimum atomic E-state index is 0.198. The van der Waals surface area contributed by atoms with Crippen molar-refractivity contribution in [3.63, 3.8) is 0 Å². The fourth-order valence-corrected chi connectivity index (χ4v) is 2.00. The molecule has 1 fully saturated rings. The van der Waals surface area contributed by atoms with Crippen molar-refractivity contribution in [3.8, 4) is 0 Å². The number of aromatic nitrogens is 1. The Morgan fingerprint density at radius 1 is 1.60 bits per heavy atom. The number of pyridine rings is 1. The molecule has 82 valence electrons. The molecule has 3 nitrogen and oxygen atoms in total. The van der Waals surface area contributed by atoms with Crippen molar-refractivity contribution >= 4 is 11.6 Å². The molecule has 2 heterocycles. The van der Waals surface area contributed by atoms with Gasteiger partial charge in [-0.2, -0.15) is 0 Å². The van der Waals surface area contributed by atoms with E-state index in [9.17, 15) is 0 Å². The molecule has 1 aromatic rings. The Bertz CT molecular complexity index is 334. The van der Waals surface area contributed by atoms with Crippen LogP contribution in [0.2, 0.25) is 5.15 Å².